The second-order valence-electron chi connectivity index (χ2n) is 5.08. The lowest BCUT2D eigenvalue weighted by molar-refractivity contribution is -0.149. The Labute approximate surface area is 123 Å². The van der Waals surface area contributed by atoms with Gasteiger partial charge in [-0.3, -0.25) is 14.5 Å². The van der Waals surface area contributed by atoms with E-state index in [4.69, 9.17) is 4.74 Å². The van der Waals surface area contributed by atoms with E-state index in [0.717, 1.165) is 4.88 Å². The summed E-state index contributed by atoms with van der Waals surface area (Å²) in [6.45, 7) is 6.73. The van der Waals surface area contributed by atoms with E-state index in [-0.39, 0.29) is 18.0 Å². The molecule has 0 bridgehead atoms. The molecule has 2 heterocycles. The average molecular weight is 296 g/mol. The van der Waals surface area contributed by atoms with Gasteiger partial charge < -0.3 is 9.64 Å². The molecule has 1 aromatic rings. The van der Waals surface area contributed by atoms with Crippen molar-refractivity contribution in [3.63, 3.8) is 0 Å². The van der Waals surface area contributed by atoms with E-state index >= 15 is 0 Å². The molecule has 0 atom stereocenters. The van der Waals surface area contributed by atoms with Gasteiger partial charge in [-0.25, -0.2) is 0 Å². The Kier molecular flexibility index (Phi) is 5.14. The summed E-state index contributed by atoms with van der Waals surface area (Å²) in [6, 6.07) is 3.73. The summed E-state index contributed by atoms with van der Waals surface area (Å²) in [5, 5.41) is 1.91. The molecule has 1 aromatic heterocycles. The molecule has 1 aliphatic rings. The number of carbonyl (C=O) groups is 2. The van der Waals surface area contributed by atoms with Gasteiger partial charge in [-0.2, -0.15) is 0 Å². The molecular formula is C14H20N2O3S. The van der Waals surface area contributed by atoms with Gasteiger partial charge in [0, 0.05) is 26.2 Å². The lowest BCUT2D eigenvalue weighted by Crippen LogP contribution is -2.50. The Morgan fingerprint density at radius 3 is 2.55 bits per heavy atom. The number of thiophene rings is 1. The van der Waals surface area contributed by atoms with Crippen molar-refractivity contribution in [3.05, 3.63) is 22.4 Å². The fraction of sp³-hybridized carbons (Fsp3) is 0.571. The third-order valence-corrected chi connectivity index (χ3v) is 3.97. The molecule has 0 aromatic carbocycles. The zero-order valence-corrected chi connectivity index (χ0v) is 12.7. The van der Waals surface area contributed by atoms with E-state index in [2.05, 4.69) is 0 Å². The van der Waals surface area contributed by atoms with E-state index in [0.29, 0.717) is 32.7 Å². The van der Waals surface area contributed by atoms with Crippen LogP contribution in [-0.2, 0) is 9.53 Å². The maximum atomic E-state index is 12.2. The van der Waals surface area contributed by atoms with Crippen LogP contribution in [0, 0.1) is 0 Å². The number of hydrogen-bond donors (Lipinski definition) is 0. The normalized spacial score (nSPS) is 16.4. The van der Waals surface area contributed by atoms with Gasteiger partial charge in [-0.15, -0.1) is 11.3 Å². The first kappa shape index (κ1) is 15.0. The van der Waals surface area contributed by atoms with Crippen molar-refractivity contribution in [2.75, 3.05) is 32.7 Å². The van der Waals surface area contributed by atoms with Crippen LogP contribution in [0.5, 0.6) is 0 Å². The molecule has 6 heteroatoms. The maximum absolute atomic E-state index is 12.2. The van der Waals surface area contributed by atoms with Crippen LogP contribution in [0.3, 0.4) is 0 Å². The predicted octanol–water partition coefficient (Wildman–Crippen LogP) is 1.46. The van der Waals surface area contributed by atoms with Crippen LogP contribution in [-0.4, -0.2) is 60.5 Å². The summed E-state index contributed by atoms with van der Waals surface area (Å²) in [7, 11) is 0. The number of ether oxygens (including phenoxy) is 1. The number of nitrogens with zero attached hydrogens (tertiary/aromatic N) is 2. The lowest BCUT2D eigenvalue weighted by Gasteiger charge is -2.34. The van der Waals surface area contributed by atoms with Crippen LogP contribution in [0.4, 0.5) is 0 Å². The highest BCUT2D eigenvalue weighted by Crippen LogP contribution is 2.13. The van der Waals surface area contributed by atoms with Crippen LogP contribution in [0.1, 0.15) is 23.5 Å². The van der Waals surface area contributed by atoms with E-state index in [1.54, 1.807) is 0 Å². The molecule has 1 aliphatic heterocycles. The van der Waals surface area contributed by atoms with E-state index in [1.165, 1.54) is 11.3 Å². The zero-order chi connectivity index (χ0) is 14.5. The van der Waals surface area contributed by atoms with E-state index in [1.807, 2.05) is 41.2 Å². The summed E-state index contributed by atoms with van der Waals surface area (Å²) in [5.74, 6) is -0.109. The van der Waals surface area contributed by atoms with Crippen LogP contribution in [0.2, 0.25) is 0 Å². The standard InChI is InChI=1S/C14H20N2O3S/c1-11(2)19-13(17)10-15-5-7-16(8-6-15)14(18)12-4-3-9-20-12/h3-4,9,11H,5-8,10H2,1-2H3. The van der Waals surface area contributed by atoms with Crippen molar-refractivity contribution in [2.45, 2.75) is 20.0 Å². The van der Waals surface area contributed by atoms with Gasteiger partial charge in [0.2, 0.25) is 0 Å². The van der Waals surface area contributed by atoms with Gasteiger partial charge in [0.15, 0.2) is 0 Å². The first-order chi connectivity index (χ1) is 9.56. The number of piperazine rings is 1. The number of carbonyl (C=O) groups excluding carboxylic acids is 2. The highest BCUT2D eigenvalue weighted by molar-refractivity contribution is 7.12. The molecule has 0 N–H and O–H groups in total. The largest absolute Gasteiger partial charge is 0.462 e. The summed E-state index contributed by atoms with van der Waals surface area (Å²) in [6.07, 6.45) is -0.0794. The summed E-state index contributed by atoms with van der Waals surface area (Å²) >= 11 is 1.46. The first-order valence-electron chi connectivity index (χ1n) is 6.81. The summed E-state index contributed by atoms with van der Waals surface area (Å²) in [5.41, 5.74) is 0. The number of amides is 1. The molecule has 110 valence electrons. The van der Waals surface area contributed by atoms with Crippen LogP contribution < -0.4 is 0 Å². The Morgan fingerprint density at radius 1 is 1.30 bits per heavy atom. The van der Waals surface area contributed by atoms with Crippen LogP contribution in [0.25, 0.3) is 0 Å². The van der Waals surface area contributed by atoms with Gasteiger partial charge in [0.25, 0.3) is 5.91 Å². The fourth-order valence-corrected chi connectivity index (χ4v) is 2.84. The van der Waals surface area contributed by atoms with Gasteiger partial charge in [0.05, 0.1) is 17.5 Å². The average Bonchev–Trinajstić information content (AvgIpc) is 2.91. The van der Waals surface area contributed by atoms with Crippen LogP contribution in [0.15, 0.2) is 17.5 Å². The van der Waals surface area contributed by atoms with Crippen molar-refractivity contribution in [3.8, 4) is 0 Å². The molecule has 1 amide bonds. The molecule has 0 spiro atoms. The Balaban J connectivity index is 1.78. The molecular weight excluding hydrogens is 276 g/mol. The van der Waals surface area contributed by atoms with Gasteiger partial charge in [-0.05, 0) is 25.3 Å². The Bertz CT molecular complexity index is 451. The molecule has 0 unspecified atom stereocenters. The minimum absolute atomic E-state index is 0.0794. The number of esters is 1. The molecule has 0 aliphatic carbocycles. The third kappa shape index (κ3) is 4.05. The quantitative estimate of drug-likeness (QED) is 0.789. The van der Waals surface area contributed by atoms with E-state index in [9.17, 15) is 9.59 Å². The van der Waals surface area contributed by atoms with E-state index < -0.39 is 0 Å². The number of hydrogen-bond acceptors (Lipinski definition) is 5. The van der Waals surface area contributed by atoms with Crippen molar-refractivity contribution in [1.82, 2.24) is 9.80 Å². The minimum atomic E-state index is -0.196. The molecule has 5 nitrogen and oxygen atoms in total. The molecule has 0 radical (unpaired) electrons. The van der Waals surface area contributed by atoms with Gasteiger partial charge in [0.1, 0.15) is 0 Å². The third-order valence-electron chi connectivity index (χ3n) is 3.11. The monoisotopic (exact) mass is 296 g/mol. The second-order valence-corrected chi connectivity index (χ2v) is 6.03. The van der Waals surface area contributed by atoms with Crippen molar-refractivity contribution >= 4 is 23.2 Å². The number of rotatable bonds is 4. The van der Waals surface area contributed by atoms with Crippen molar-refractivity contribution in [1.29, 1.82) is 0 Å². The van der Waals surface area contributed by atoms with Crippen molar-refractivity contribution in [2.24, 2.45) is 0 Å². The minimum Gasteiger partial charge on any atom is -0.462 e. The van der Waals surface area contributed by atoms with Gasteiger partial charge in [-0.1, -0.05) is 6.07 Å². The summed E-state index contributed by atoms with van der Waals surface area (Å²) in [4.78, 5) is 28.4. The predicted molar refractivity (Wildman–Crippen MR) is 77.9 cm³/mol. The molecule has 1 saturated heterocycles. The Hall–Kier alpha value is -1.40. The second kappa shape index (κ2) is 6.85. The topological polar surface area (TPSA) is 49.9 Å². The SMILES string of the molecule is CC(C)OC(=O)CN1CCN(C(=O)c2cccs2)CC1. The smallest absolute Gasteiger partial charge is 0.320 e. The fourth-order valence-electron chi connectivity index (χ4n) is 2.15. The summed E-state index contributed by atoms with van der Waals surface area (Å²) < 4.78 is 5.13. The van der Waals surface area contributed by atoms with Crippen LogP contribution >= 0.6 is 11.3 Å². The lowest BCUT2D eigenvalue weighted by atomic mass is 10.3. The Morgan fingerprint density at radius 2 is 2.00 bits per heavy atom. The molecule has 0 saturated carbocycles. The van der Waals surface area contributed by atoms with Crippen molar-refractivity contribution < 1.29 is 14.3 Å². The molecule has 20 heavy (non-hydrogen) atoms. The van der Waals surface area contributed by atoms with Gasteiger partial charge >= 0.3 is 5.97 Å². The maximum Gasteiger partial charge on any atom is 0.320 e. The zero-order valence-electron chi connectivity index (χ0n) is 11.9. The highest BCUT2D eigenvalue weighted by atomic mass is 32.1. The first-order valence-corrected chi connectivity index (χ1v) is 7.69. The highest BCUT2D eigenvalue weighted by Gasteiger charge is 2.24. The molecule has 1 fully saturated rings. The molecule has 2 rings (SSSR count).